The lowest BCUT2D eigenvalue weighted by Gasteiger charge is -2.14. The predicted octanol–water partition coefficient (Wildman–Crippen LogP) is 4.96. The maximum Gasteiger partial charge on any atom is 0.128 e. The Morgan fingerprint density at radius 3 is 2.41 bits per heavy atom. The number of benzene rings is 1. The van der Waals surface area contributed by atoms with E-state index in [1.807, 2.05) is 18.4 Å². The van der Waals surface area contributed by atoms with Crippen LogP contribution in [0, 0.1) is 11.6 Å². The van der Waals surface area contributed by atoms with Gasteiger partial charge in [0.15, 0.2) is 0 Å². The van der Waals surface area contributed by atoms with Crippen molar-refractivity contribution in [3.05, 3.63) is 50.6 Å². The first-order valence-corrected chi connectivity index (χ1v) is 6.69. The highest BCUT2D eigenvalue weighted by Gasteiger charge is 2.11. The van der Waals surface area contributed by atoms with Gasteiger partial charge in [-0.1, -0.05) is 0 Å². The van der Waals surface area contributed by atoms with Crippen LogP contribution >= 0.6 is 27.3 Å². The summed E-state index contributed by atoms with van der Waals surface area (Å²) in [7, 11) is 0. The van der Waals surface area contributed by atoms with Gasteiger partial charge in [0.1, 0.15) is 11.6 Å². The van der Waals surface area contributed by atoms with Gasteiger partial charge in [-0.25, -0.2) is 8.78 Å². The van der Waals surface area contributed by atoms with Gasteiger partial charge in [0.05, 0.1) is 6.04 Å². The third kappa shape index (κ3) is 3.04. The van der Waals surface area contributed by atoms with E-state index in [4.69, 9.17) is 0 Å². The van der Waals surface area contributed by atoms with E-state index < -0.39 is 11.6 Å². The van der Waals surface area contributed by atoms with E-state index in [0.29, 0.717) is 5.69 Å². The Morgan fingerprint density at radius 2 is 1.88 bits per heavy atom. The van der Waals surface area contributed by atoms with Crippen molar-refractivity contribution in [1.82, 2.24) is 0 Å². The highest BCUT2D eigenvalue weighted by atomic mass is 79.9. The van der Waals surface area contributed by atoms with E-state index >= 15 is 0 Å². The number of rotatable bonds is 3. The summed E-state index contributed by atoms with van der Waals surface area (Å²) in [4.78, 5) is 1.09. The van der Waals surface area contributed by atoms with Gasteiger partial charge in [-0.3, -0.25) is 0 Å². The first-order valence-electron chi connectivity index (χ1n) is 5.02. The first-order chi connectivity index (χ1) is 8.06. The fourth-order valence-electron chi connectivity index (χ4n) is 1.57. The van der Waals surface area contributed by atoms with Crippen molar-refractivity contribution < 1.29 is 8.78 Å². The molecule has 1 nitrogen and oxygen atoms in total. The minimum Gasteiger partial charge on any atom is -0.377 e. The molecule has 1 aromatic heterocycles. The molecular weight excluding hydrogens is 308 g/mol. The van der Waals surface area contributed by atoms with Crippen molar-refractivity contribution in [3.8, 4) is 0 Å². The van der Waals surface area contributed by atoms with E-state index in [-0.39, 0.29) is 6.04 Å². The second-order valence-electron chi connectivity index (χ2n) is 3.66. The molecular formula is C12H10BrF2NS. The molecule has 0 saturated carbocycles. The second kappa shape index (κ2) is 5.14. The zero-order chi connectivity index (χ0) is 12.4. The molecule has 0 saturated heterocycles. The highest BCUT2D eigenvalue weighted by molar-refractivity contribution is 9.10. The van der Waals surface area contributed by atoms with Crippen LogP contribution in [-0.2, 0) is 0 Å². The second-order valence-corrected chi connectivity index (χ2v) is 5.46. The third-order valence-electron chi connectivity index (χ3n) is 2.28. The van der Waals surface area contributed by atoms with Gasteiger partial charge in [0.2, 0.25) is 0 Å². The summed E-state index contributed by atoms with van der Waals surface area (Å²) < 4.78 is 27.0. The average molecular weight is 318 g/mol. The molecule has 90 valence electrons. The average Bonchev–Trinajstić information content (AvgIpc) is 2.62. The Morgan fingerprint density at radius 1 is 1.24 bits per heavy atom. The van der Waals surface area contributed by atoms with Crippen LogP contribution in [-0.4, -0.2) is 0 Å². The SMILES string of the molecule is CC(Nc1cc(F)cc(F)c1)c1sccc1Br. The maximum atomic E-state index is 13.0. The number of hydrogen-bond donors (Lipinski definition) is 1. The van der Waals surface area contributed by atoms with Crippen LogP contribution in [0.3, 0.4) is 0 Å². The van der Waals surface area contributed by atoms with Gasteiger partial charge in [-0.05, 0) is 46.4 Å². The smallest absolute Gasteiger partial charge is 0.128 e. The zero-order valence-electron chi connectivity index (χ0n) is 9.01. The van der Waals surface area contributed by atoms with Gasteiger partial charge >= 0.3 is 0 Å². The summed E-state index contributed by atoms with van der Waals surface area (Å²) in [5, 5.41) is 5.03. The summed E-state index contributed by atoms with van der Waals surface area (Å²) in [6.07, 6.45) is 0. The lowest BCUT2D eigenvalue weighted by atomic mass is 10.2. The Labute approximate surface area is 111 Å². The van der Waals surface area contributed by atoms with Crippen molar-refractivity contribution in [3.63, 3.8) is 0 Å². The van der Waals surface area contributed by atoms with Gasteiger partial charge < -0.3 is 5.32 Å². The fourth-order valence-corrected chi connectivity index (χ4v) is 3.29. The predicted molar refractivity (Wildman–Crippen MR) is 70.4 cm³/mol. The van der Waals surface area contributed by atoms with E-state index in [1.54, 1.807) is 11.3 Å². The molecule has 0 bridgehead atoms. The van der Waals surface area contributed by atoms with Crippen molar-refractivity contribution >= 4 is 33.0 Å². The molecule has 0 spiro atoms. The van der Waals surface area contributed by atoms with Crippen molar-refractivity contribution in [1.29, 1.82) is 0 Å². The Kier molecular flexibility index (Phi) is 3.79. The Hall–Kier alpha value is -0.940. The van der Waals surface area contributed by atoms with Gasteiger partial charge in [-0.2, -0.15) is 0 Å². The zero-order valence-corrected chi connectivity index (χ0v) is 11.4. The molecule has 1 atom stereocenters. The maximum absolute atomic E-state index is 13.0. The van der Waals surface area contributed by atoms with Gasteiger partial charge in [0, 0.05) is 21.1 Å². The summed E-state index contributed by atoms with van der Waals surface area (Å²) in [6.45, 7) is 1.94. The minimum atomic E-state index is -0.579. The van der Waals surface area contributed by atoms with Crippen molar-refractivity contribution in [2.45, 2.75) is 13.0 Å². The standard InChI is InChI=1S/C12H10BrF2NS/c1-7(12-11(13)2-3-17-12)16-10-5-8(14)4-9(15)6-10/h2-7,16H,1H3. The van der Waals surface area contributed by atoms with E-state index in [2.05, 4.69) is 21.2 Å². The number of nitrogens with one attached hydrogen (secondary N) is 1. The van der Waals surface area contributed by atoms with Crippen LogP contribution < -0.4 is 5.32 Å². The molecule has 0 fully saturated rings. The Balaban J connectivity index is 2.18. The molecule has 2 rings (SSSR count). The summed E-state index contributed by atoms with van der Waals surface area (Å²) >= 11 is 5.02. The number of hydrogen-bond acceptors (Lipinski definition) is 2. The molecule has 1 aromatic carbocycles. The quantitative estimate of drug-likeness (QED) is 0.843. The van der Waals surface area contributed by atoms with E-state index in [0.717, 1.165) is 15.4 Å². The molecule has 2 aromatic rings. The van der Waals surface area contributed by atoms with Crippen LogP contribution in [0.4, 0.5) is 14.5 Å². The van der Waals surface area contributed by atoms with E-state index in [9.17, 15) is 8.78 Å². The summed E-state index contributed by atoms with van der Waals surface area (Å²) in [5.74, 6) is -1.16. The van der Waals surface area contributed by atoms with Gasteiger partial charge in [0.25, 0.3) is 0 Å². The van der Waals surface area contributed by atoms with Crippen molar-refractivity contribution in [2.75, 3.05) is 5.32 Å². The summed E-state index contributed by atoms with van der Waals surface area (Å²) in [5.41, 5.74) is 0.440. The fraction of sp³-hybridized carbons (Fsp3) is 0.167. The van der Waals surface area contributed by atoms with Crippen molar-refractivity contribution in [2.24, 2.45) is 0 Å². The van der Waals surface area contributed by atoms with Gasteiger partial charge in [-0.15, -0.1) is 11.3 Å². The molecule has 1 heterocycles. The van der Waals surface area contributed by atoms with E-state index in [1.165, 1.54) is 12.1 Å². The third-order valence-corrected chi connectivity index (χ3v) is 4.34. The van der Waals surface area contributed by atoms with Crippen LogP contribution in [0.5, 0.6) is 0 Å². The normalized spacial score (nSPS) is 12.5. The van der Waals surface area contributed by atoms with Crippen LogP contribution in [0.25, 0.3) is 0 Å². The molecule has 0 radical (unpaired) electrons. The topological polar surface area (TPSA) is 12.0 Å². The number of halogens is 3. The monoisotopic (exact) mass is 317 g/mol. The molecule has 5 heteroatoms. The number of thiophene rings is 1. The molecule has 1 N–H and O–H groups in total. The molecule has 1 unspecified atom stereocenters. The van der Waals surface area contributed by atoms with Crippen LogP contribution in [0.1, 0.15) is 17.8 Å². The molecule has 0 aliphatic rings. The molecule has 0 amide bonds. The first kappa shape index (κ1) is 12.5. The lowest BCUT2D eigenvalue weighted by molar-refractivity contribution is 0.583. The molecule has 0 aliphatic heterocycles. The number of anilines is 1. The largest absolute Gasteiger partial charge is 0.377 e. The molecule has 17 heavy (non-hydrogen) atoms. The highest BCUT2D eigenvalue weighted by Crippen LogP contribution is 2.31. The van der Waals surface area contributed by atoms with Crippen LogP contribution in [0.2, 0.25) is 0 Å². The Bertz CT molecular complexity index is 507. The summed E-state index contributed by atoms with van der Waals surface area (Å²) in [6, 6.07) is 5.36. The molecule has 0 aliphatic carbocycles. The van der Waals surface area contributed by atoms with Crippen LogP contribution in [0.15, 0.2) is 34.1 Å². The lowest BCUT2D eigenvalue weighted by Crippen LogP contribution is -2.05. The minimum absolute atomic E-state index is 0.00873.